The van der Waals surface area contributed by atoms with Crippen molar-refractivity contribution in [2.24, 2.45) is 0 Å². The first-order valence-corrected chi connectivity index (χ1v) is 9.90. The van der Waals surface area contributed by atoms with Gasteiger partial charge in [0.05, 0.1) is 27.5 Å². The minimum atomic E-state index is -0.292. The normalized spacial score (nSPS) is 12.2. The second-order valence-electron chi connectivity index (χ2n) is 6.72. The molecule has 5 rings (SSSR count). The standard InChI is InChI=1S/C23H14Cl2N2O3/c24-14-6-7-19(17(25)10-14)27-23(28)16-11-20(26-18-4-2-1-3-15(16)18)13-5-8-21-22(9-13)30-12-29-21/h1-11H,12H2,(H,27,28). The molecule has 7 heteroatoms. The number of amides is 1. The molecule has 1 amide bonds. The Bertz CT molecular complexity index is 1310. The van der Waals surface area contributed by atoms with Crippen LogP contribution in [-0.2, 0) is 0 Å². The van der Waals surface area contributed by atoms with E-state index in [2.05, 4.69) is 5.32 Å². The Hall–Kier alpha value is -3.28. The molecule has 1 aromatic heterocycles. The molecule has 0 aliphatic carbocycles. The fourth-order valence-corrected chi connectivity index (χ4v) is 3.80. The highest BCUT2D eigenvalue weighted by Crippen LogP contribution is 2.36. The predicted molar refractivity (Wildman–Crippen MR) is 118 cm³/mol. The Morgan fingerprint density at radius 1 is 0.933 bits per heavy atom. The van der Waals surface area contributed by atoms with Gasteiger partial charge in [0.15, 0.2) is 11.5 Å². The first-order valence-electron chi connectivity index (χ1n) is 9.15. The molecule has 5 nitrogen and oxygen atoms in total. The van der Waals surface area contributed by atoms with Crippen molar-refractivity contribution in [1.82, 2.24) is 4.98 Å². The van der Waals surface area contributed by atoms with Gasteiger partial charge in [0.25, 0.3) is 5.91 Å². The van der Waals surface area contributed by atoms with Crippen LogP contribution < -0.4 is 14.8 Å². The Kier molecular flexibility index (Phi) is 4.69. The van der Waals surface area contributed by atoms with Crippen LogP contribution in [0.25, 0.3) is 22.2 Å². The average Bonchev–Trinajstić information content (AvgIpc) is 3.22. The van der Waals surface area contributed by atoms with Crippen LogP contribution in [0.3, 0.4) is 0 Å². The van der Waals surface area contributed by atoms with Crippen molar-refractivity contribution in [3.8, 4) is 22.8 Å². The lowest BCUT2D eigenvalue weighted by Gasteiger charge is -2.12. The van der Waals surface area contributed by atoms with E-state index in [1.807, 2.05) is 42.5 Å². The first kappa shape index (κ1) is 18.7. The van der Waals surface area contributed by atoms with Crippen LogP contribution in [0.15, 0.2) is 66.7 Å². The lowest BCUT2D eigenvalue weighted by Crippen LogP contribution is -2.13. The maximum atomic E-state index is 13.2. The molecule has 3 aromatic carbocycles. The van der Waals surface area contributed by atoms with Crippen molar-refractivity contribution >= 4 is 45.7 Å². The zero-order chi connectivity index (χ0) is 20.7. The fraction of sp³-hybridized carbons (Fsp3) is 0.0435. The summed E-state index contributed by atoms with van der Waals surface area (Å²) in [6, 6.07) is 19.8. The highest BCUT2D eigenvalue weighted by molar-refractivity contribution is 6.37. The van der Waals surface area contributed by atoms with Crippen LogP contribution in [0.1, 0.15) is 10.4 Å². The summed E-state index contributed by atoms with van der Waals surface area (Å²) in [6.07, 6.45) is 0. The monoisotopic (exact) mass is 436 g/mol. The summed E-state index contributed by atoms with van der Waals surface area (Å²) >= 11 is 12.2. The third-order valence-corrected chi connectivity index (χ3v) is 5.36. The molecule has 148 valence electrons. The maximum Gasteiger partial charge on any atom is 0.256 e. The first-order chi connectivity index (χ1) is 14.6. The van der Waals surface area contributed by atoms with E-state index >= 15 is 0 Å². The van der Waals surface area contributed by atoms with Gasteiger partial charge >= 0.3 is 0 Å². The number of halogens is 2. The lowest BCUT2D eigenvalue weighted by atomic mass is 10.0. The number of pyridine rings is 1. The number of carbonyl (C=O) groups is 1. The van der Waals surface area contributed by atoms with E-state index in [1.165, 1.54) is 0 Å². The van der Waals surface area contributed by atoms with Gasteiger partial charge in [-0.25, -0.2) is 4.98 Å². The third kappa shape index (κ3) is 3.43. The quantitative estimate of drug-likeness (QED) is 0.415. The van der Waals surface area contributed by atoms with E-state index in [1.54, 1.807) is 24.3 Å². The van der Waals surface area contributed by atoms with Crippen LogP contribution in [0.5, 0.6) is 11.5 Å². The van der Waals surface area contributed by atoms with E-state index in [-0.39, 0.29) is 12.7 Å². The van der Waals surface area contributed by atoms with Gasteiger partial charge in [0, 0.05) is 16.0 Å². The summed E-state index contributed by atoms with van der Waals surface area (Å²) in [5.74, 6) is 1.05. The van der Waals surface area contributed by atoms with Gasteiger partial charge in [-0.2, -0.15) is 0 Å². The van der Waals surface area contributed by atoms with Crippen LogP contribution in [-0.4, -0.2) is 17.7 Å². The average molecular weight is 437 g/mol. The van der Waals surface area contributed by atoms with E-state index in [0.29, 0.717) is 44.0 Å². The molecule has 1 aliphatic heterocycles. The molecule has 0 spiro atoms. The van der Waals surface area contributed by atoms with Gasteiger partial charge in [-0.3, -0.25) is 4.79 Å². The number of nitrogens with zero attached hydrogens (tertiary/aromatic N) is 1. The molecule has 0 unspecified atom stereocenters. The Balaban J connectivity index is 1.59. The van der Waals surface area contributed by atoms with Crippen LogP contribution in [0.2, 0.25) is 10.0 Å². The zero-order valence-corrected chi connectivity index (χ0v) is 17.0. The van der Waals surface area contributed by atoms with Crippen molar-refractivity contribution in [3.63, 3.8) is 0 Å². The minimum Gasteiger partial charge on any atom is -0.454 e. The molecular weight excluding hydrogens is 423 g/mol. The molecule has 0 radical (unpaired) electrons. The molecule has 0 atom stereocenters. The van der Waals surface area contributed by atoms with Crippen LogP contribution in [0.4, 0.5) is 5.69 Å². The SMILES string of the molecule is O=C(Nc1ccc(Cl)cc1Cl)c1cc(-c2ccc3c(c2)OCO3)nc2ccccc12. The van der Waals surface area contributed by atoms with Gasteiger partial charge in [-0.05, 0) is 48.5 Å². The lowest BCUT2D eigenvalue weighted by molar-refractivity contribution is 0.102. The van der Waals surface area contributed by atoms with Gasteiger partial charge in [0.2, 0.25) is 6.79 Å². The number of hydrogen-bond donors (Lipinski definition) is 1. The highest BCUT2D eigenvalue weighted by atomic mass is 35.5. The third-order valence-electron chi connectivity index (χ3n) is 4.81. The zero-order valence-electron chi connectivity index (χ0n) is 15.5. The number of aromatic nitrogens is 1. The number of rotatable bonds is 3. The van der Waals surface area contributed by atoms with Crippen molar-refractivity contribution in [3.05, 3.63) is 82.3 Å². The Labute approximate surface area is 182 Å². The summed E-state index contributed by atoms with van der Waals surface area (Å²) in [7, 11) is 0. The Morgan fingerprint density at radius 3 is 2.63 bits per heavy atom. The fourth-order valence-electron chi connectivity index (χ4n) is 3.35. The van der Waals surface area contributed by atoms with E-state index in [4.69, 9.17) is 37.7 Å². The van der Waals surface area contributed by atoms with Crippen molar-refractivity contribution in [2.45, 2.75) is 0 Å². The molecular formula is C23H14Cl2N2O3. The number of benzene rings is 3. The van der Waals surface area contributed by atoms with Gasteiger partial charge in [0.1, 0.15) is 0 Å². The predicted octanol–water partition coefficient (Wildman–Crippen LogP) is 6.19. The van der Waals surface area contributed by atoms with Gasteiger partial charge in [-0.15, -0.1) is 0 Å². The second-order valence-corrected chi connectivity index (χ2v) is 7.56. The summed E-state index contributed by atoms with van der Waals surface area (Å²) < 4.78 is 10.9. The molecule has 0 bridgehead atoms. The largest absolute Gasteiger partial charge is 0.454 e. The van der Waals surface area contributed by atoms with Crippen molar-refractivity contribution in [1.29, 1.82) is 0 Å². The number of carbonyl (C=O) groups excluding carboxylic acids is 1. The van der Waals surface area contributed by atoms with E-state index in [9.17, 15) is 4.79 Å². The number of nitrogens with one attached hydrogen (secondary N) is 1. The molecule has 2 heterocycles. The number of para-hydroxylation sites is 1. The summed E-state index contributed by atoms with van der Waals surface area (Å²) in [6.45, 7) is 0.194. The number of anilines is 1. The van der Waals surface area contributed by atoms with E-state index < -0.39 is 0 Å². The Morgan fingerprint density at radius 2 is 1.77 bits per heavy atom. The van der Waals surface area contributed by atoms with Gasteiger partial charge in [-0.1, -0.05) is 41.4 Å². The molecule has 30 heavy (non-hydrogen) atoms. The summed E-state index contributed by atoms with van der Waals surface area (Å²) in [4.78, 5) is 17.9. The molecule has 0 saturated heterocycles. The topological polar surface area (TPSA) is 60.5 Å². The van der Waals surface area contributed by atoms with Crippen molar-refractivity contribution in [2.75, 3.05) is 12.1 Å². The maximum absolute atomic E-state index is 13.2. The van der Waals surface area contributed by atoms with Crippen LogP contribution in [0, 0.1) is 0 Å². The van der Waals surface area contributed by atoms with Crippen molar-refractivity contribution < 1.29 is 14.3 Å². The molecule has 1 N–H and O–H groups in total. The molecule has 0 saturated carbocycles. The van der Waals surface area contributed by atoms with Gasteiger partial charge < -0.3 is 14.8 Å². The summed E-state index contributed by atoms with van der Waals surface area (Å²) in [5, 5.41) is 4.47. The second kappa shape index (κ2) is 7.52. The number of fused-ring (bicyclic) bond motifs is 2. The minimum absolute atomic E-state index is 0.194. The smallest absolute Gasteiger partial charge is 0.256 e. The highest BCUT2D eigenvalue weighted by Gasteiger charge is 2.18. The number of hydrogen-bond acceptors (Lipinski definition) is 4. The van der Waals surface area contributed by atoms with E-state index in [0.717, 1.165) is 10.9 Å². The molecule has 1 aliphatic rings. The van der Waals surface area contributed by atoms with Crippen LogP contribution >= 0.6 is 23.2 Å². The summed E-state index contributed by atoms with van der Waals surface area (Å²) in [5.41, 5.74) is 3.15. The molecule has 4 aromatic rings. The number of ether oxygens (including phenoxy) is 2. The molecule has 0 fully saturated rings.